The maximum absolute atomic E-state index is 12.1. The number of benzene rings is 1. The minimum absolute atomic E-state index is 0.0345. The van der Waals surface area contributed by atoms with Crippen LogP contribution in [0.4, 0.5) is 10.5 Å². The lowest BCUT2D eigenvalue weighted by molar-refractivity contribution is 0.166. The third-order valence-corrected chi connectivity index (χ3v) is 4.15. The Labute approximate surface area is 115 Å². The number of nitrogens with one attached hydrogen (secondary N) is 1. The largest absolute Gasteiger partial charge is 0.394 e. The highest BCUT2D eigenvalue weighted by Gasteiger charge is 2.27. The highest BCUT2D eigenvalue weighted by Crippen LogP contribution is 2.22. The van der Waals surface area contributed by atoms with Crippen molar-refractivity contribution in [2.24, 2.45) is 0 Å². The van der Waals surface area contributed by atoms with E-state index in [-0.39, 0.29) is 18.7 Å². The molecule has 5 heteroatoms. The summed E-state index contributed by atoms with van der Waals surface area (Å²) in [7, 11) is 0. The number of hydrogen-bond donors (Lipinski definition) is 2. The van der Waals surface area contributed by atoms with Crippen molar-refractivity contribution in [3.05, 3.63) is 28.2 Å². The van der Waals surface area contributed by atoms with Crippen molar-refractivity contribution >= 4 is 27.6 Å². The Balaban J connectivity index is 2.04. The Morgan fingerprint density at radius 3 is 3.06 bits per heavy atom. The third kappa shape index (κ3) is 2.84. The summed E-state index contributed by atoms with van der Waals surface area (Å²) in [4.78, 5) is 13.8. The predicted octanol–water partition coefficient (Wildman–Crippen LogP) is 2.75. The Hall–Kier alpha value is -1.07. The van der Waals surface area contributed by atoms with E-state index in [1.807, 2.05) is 25.1 Å². The van der Waals surface area contributed by atoms with E-state index in [0.717, 1.165) is 28.6 Å². The summed E-state index contributed by atoms with van der Waals surface area (Å²) in [6.07, 6.45) is 1.83. The highest BCUT2D eigenvalue weighted by molar-refractivity contribution is 9.10. The van der Waals surface area contributed by atoms with Crippen LogP contribution in [-0.4, -0.2) is 35.2 Å². The molecule has 0 saturated carbocycles. The van der Waals surface area contributed by atoms with E-state index >= 15 is 0 Å². The van der Waals surface area contributed by atoms with Crippen LogP contribution in [0.3, 0.4) is 0 Å². The van der Waals surface area contributed by atoms with Crippen LogP contribution in [0.2, 0.25) is 0 Å². The molecule has 2 rings (SSSR count). The fraction of sp³-hybridized carbons (Fsp3) is 0.462. The fourth-order valence-corrected chi connectivity index (χ4v) is 2.46. The lowest BCUT2D eigenvalue weighted by atomic mass is 10.2. The molecule has 1 aromatic rings. The summed E-state index contributed by atoms with van der Waals surface area (Å²) in [5.41, 5.74) is 1.86. The number of amides is 2. The quantitative estimate of drug-likeness (QED) is 0.882. The van der Waals surface area contributed by atoms with E-state index in [1.54, 1.807) is 4.90 Å². The number of likely N-dealkylation sites (tertiary alicyclic amines) is 1. The SMILES string of the molecule is Cc1cc(NC(=O)N2CCC[C@@H]2CO)ccc1Br. The average Bonchev–Trinajstić information content (AvgIpc) is 2.82. The summed E-state index contributed by atoms with van der Waals surface area (Å²) in [5, 5.41) is 12.1. The molecule has 1 heterocycles. The molecule has 0 radical (unpaired) electrons. The first-order valence-electron chi connectivity index (χ1n) is 6.06. The average molecular weight is 313 g/mol. The molecular formula is C13H17BrN2O2. The molecule has 1 fully saturated rings. The molecule has 2 N–H and O–H groups in total. The van der Waals surface area contributed by atoms with Gasteiger partial charge in [0, 0.05) is 16.7 Å². The van der Waals surface area contributed by atoms with Gasteiger partial charge in [-0.2, -0.15) is 0 Å². The van der Waals surface area contributed by atoms with Crippen molar-refractivity contribution in [2.75, 3.05) is 18.5 Å². The second-order valence-corrected chi connectivity index (χ2v) is 5.42. The molecule has 1 aliphatic rings. The van der Waals surface area contributed by atoms with E-state index in [0.29, 0.717) is 6.54 Å². The van der Waals surface area contributed by atoms with Crippen LogP contribution in [0.1, 0.15) is 18.4 Å². The molecule has 18 heavy (non-hydrogen) atoms. The highest BCUT2D eigenvalue weighted by atomic mass is 79.9. The minimum Gasteiger partial charge on any atom is -0.394 e. The van der Waals surface area contributed by atoms with Crippen molar-refractivity contribution in [1.82, 2.24) is 4.90 Å². The number of aliphatic hydroxyl groups is 1. The number of carbonyl (C=O) groups is 1. The lowest BCUT2D eigenvalue weighted by Gasteiger charge is -2.23. The molecule has 2 amide bonds. The first kappa shape index (κ1) is 13.4. The molecule has 0 aromatic heterocycles. The van der Waals surface area contributed by atoms with Crippen LogP contribution in [0.25, 0.3) is 0 Å². The Morgan fingerprint density at radius 1 is 1.61 bits per heavy atom. The van der Waals surface area contributed by atoms with Crippen molar-refractivity contribution in [3.63, 3.8) is 0 Å². The maximum atomic E-state index is 12.1. The Morgan fingerprint density at radius 2 is 2.39 bits per heavy atom. The molecule has 4 nitrogen and oxygen atoms in total. The van der Waals surface area contributed by atoms with Crippen molar-refractivity contribution in [3.8, 4) is 0 Å². The number of nitrogens with zero attached hydrogens (tertiary/aromatic N) is 1. The maximum Gasteiger partial charge on any atom is 0.322 e. The smallest absolute Gasteiger partial charge is 0.322 e. The van der Waals surface area contributed by atoms with Gasteiger partial charge in [0.05, 0.1) is 12.6 Å². The molecule has 1 saturated heterocycles. The van der Waals surface area contributed by atoms with Crippen LogP contribution in [0, 0.1) is 6.92 Å². The molecule has 0 aliphatic carbocycles. The van der Waals surface area contributed by atoms with Crippen LogP contribution in [-0.2, 0) is 0 Å². The number of aryl methyl sites for hydroxylation is 1. The van der Waals surface area contributed by atoms with Crippen LogP contribution < -0.4 is 5.32 Å². The molecule has 0 spiro atoms. The van der Waals surface area contributed by atoms with Crippen molar-refractivity contribution in [1.29, 1.82) is 0 Å². The standard InChI is InChI=1S/C13H17BrN2O2/c1-9-7-10(4-5-12(9)14)15-13(18)16-6-2-3-11(16)8-17/h4-5,7,11,17H,2-3,6,8H2,1H3,(H,15,18)/t11-/m1/s1. The first-order chi connectivity index (χ1) is 8.61. The van der Waals surface area contributed by atoms with Gasteiger partial charge in [-0.15, -0.1) is 0 Å². The normalized spacial score (nSPS) is 19.1. The molecule has 1 atom stereocenters. The zero-order valence-electron chi connectivity index (χ0n) is 10.3. The zero-order valence-corrected chi connectivity index (χ0v) is 11.9. The number of halogens is 1. The number of aliphatic hydroxyl groups excluding tert-OH is 1. The van der Waals surface area contributed by atoms with Gasteiger partial charge in [-0.1, -0.05) is 15.9 Å². The van der Waals surface area contributed by atoms with Crippen molar-refractivity contribution < 1.29 is 9.90 Å². The number of hydrogen-bond acceptors (Lipinski definition) is 2. The molecular weight excluding hydrogens is 296 g/mol. The monoisotopic (exact) mass is 312 g/mol. The van der Waals surface area contributed by atoms with Gasteiger partial charge in [-0.25, -0.2) is 4.79 Å². The Kier molecular flexibility index (Phi) is 4.24. The van der Waals surface area contributed by atoms with Gasteiger partial charge in [0.15, 0.2) is 0 Å². The number of rotatable bonds is 2. The van der Waals surface area contributed by atoms with E-state index in [4.69, 9.17) is 0 Å². The summed E-state index contributed by atoms with van der Waals surface area (Å²) in [6.45, 7) is 2.73. The summed E-state index contributed by atoms with van der Waals surface area (Å²) in [5.74, 6) is 0. The first-order valence-corrected chi connectivity index (χ1v) is 6.85. The summed E-state index contributed by atoms with van der Waals surface area (Å²) >= 11 is 3.43. The van der Waals surface area contributed by atoms with Crippen LogP contribution in [0.5, 0.6) is 0 Å². The predicted molar refractivity (Wildman–Crippen MR) is 74.7 cm³/mol. The van der Waals surface area contributed by atoms with Gasteiger partial charge in [-0.3, -0.25) is 0 Å². The van der Waals surface area contributed by atoms with E-state index in [9.17, 15) is 9.90 Å². The molecule has 1 aromatic carbocycles. The molecule has 98 valence electrons. The summed E-state index contributed by atoms with van der Waals surface area (Å²) in [6, 6.07) is 5.53. The lowest BCUT2D eigenvalue weighted by Crippen LogP contribution is -2.40. The molecule has 0 bridgehead atoms. The van der Waals surface area contributed by atoms with Gasteiger partial charge in [-0.05, 0) is 43.5 Å². The topological polar surface area (TPSA) is 52.6 Å². The van der Waals surface area contributed by atoms with Gasteiger partial charge in [0.25, 0.3) is 0 Å². The number of carbonyl (C=O) groups excluding carboxylic acids is 1. The third-order valence-electron chi connectivity index (χ3n) is 3.26. The van der Waals surface area contributed by atoms with E-state index < -0.39 is 0 Å². The molecule has 0 unspecified atom stereocenters. The second-order valence-electron chi connectivity index (χ2n) is 4.57. The number of urea groups is 1. The van der Waals surface area contributed by atoms with Gasteiger partial charge in [0.2, 0.25) is 0 Å². The van der Waals surface area contributed by atoms with Crippen molar-refractivity contribution in [2.45, 2.75) is 25.8 Å². The van der Waals surface area contributed by atoms with Gasteiger partial charge >= 0.3 is 6.03 Å². The van der Waals surface area contributed by atoms with Gasteiger partial charge < -0.3 is 15.3 Å². The summed E-state index contributed by atoms with van der Waals surface area (Å²) < 4.78 is 1.02. The minimum atomic E-state index is -0.131. The van der Waals surface area contributed by atoms with E-state index in [2.05, 4.69) is 21.2 Å². The zero-order chi connectivity index (χ0) is 13.1. The number of anilines is 1. The van der Waals surface area contributed by atoms with Crippen LogP contribution >= 0.6 is 15.9 Å². The molecule has 1 aliphatic heterocycles. The Bertz CT molecular complexity index is 451. The van der Waals surface area contributed by atoms with Gasteiger partial charge in [0.1, 0.15) is 0 Å². The van der Waals surface area contributed by atoms with E-state index in [1.165, 1.54) is 0 Å². The second kappa shape index (κ2) is 5.71. The fourth-order valence-electron chi connectivity index (χ4n) is 2.21. The van der Waals surface area contributed by atoms with Crippen LogP contribution in [0.15, 0.2) is 22.7 Å².